The summed E-state index contributed by atoms with van der Waals surface area (Å²) in [5, 5.41) is 54.8. The standard InChI is InChI=1S/C25H40N2O8/c1-3-4-5-6-7-8-13-35-18-11-9-17(10-12-18)26-23(32)21(16(2)28)27-24(33)25(34)14-19(29)22(31)20(30)15-25/h9-12,16,19-22,28-31,34H,3-8,13-15H2,1-2H3,(H,26,32)(H,27,33)/t16?,19-,20-,21?,22?,25?/m1/s1. The van der Waals surface area contributed by atoms with Crippen LogP contribution in [-0.2, 0) is 9.59 Å². The number of rotatable bonds is 13. The first-order valence-electron chi connectivity index (χ1n) is 12.4. The highest BCUT2D eigenvalue weighted by atomic mass is 16.5. The number of anilines is 1. The highest BCUT2D eigenvalue weighted by Crippen LogP contribution is 2.29. The first-order valence-corrected chi connectivity index (χ1v) is 12.4. The number of carbonyl (C=O) groups excluding carboxylic acids is 2. The molecule has 0 aliphatic heterocycles. The van der Waals surface area contributed by atoms with Crippen molar-refractivity contribution in [3.63, 3.8) is 0 Å². The maximum Gasteiger partial charge on any atom is 0.252 e. The highest BCUT2D eigenvalue weighted by molar-refractivity contribution is 5.98. The number of amides is 2. The molecule has 4 atom stereocenters. The van der Waals surface area contributed by atoms with Crippen molar-refractivity contribution in [3.8, 4) is 5.75 Å². The number of hydrogen-bond acceptors (Lipinski definition) is 8. The van der Waals surface area contributed by atoms with E-state index in [-0.39, 0.29) is 0 Å². The molecule has 10 nitrogen and oxygen atoms in total. The van der Waals surface area contributed by atoms with Crippen molar-refractivity contribution in [1.29, 1.82) is 0 Å². The van der Waals surface area contributed by atoms with Crippen LogP contribution in [0.1, 0.15) is 65.2 Å². The van der Waals surface area contributed by atoms with E-state index in [4.69, 9.17) is 4.74 Å². The van der Waals surface area contributed by atoms with Crippen LogP contribution in [0.15, 0.2) is 24.3 Å². The first-order chi connectivity index (χ1) is 16.6. The minimum atomic E-state index is -2.21. The predicted molar refractivity (Wildman–Crippen MR) is 130 cm³/mol. The van der Waals surface area contributed by atoms with E-state index >= 15 is 0 Å². The Morgan fingerprint density at radius 2 is 1.60 bits per heavy atom. The molecular weight excluding hydrogens is 456 g/mol. The molecular formula is C25H40N2O8. The molecule has 1 saturated carbocycles. The number of aliphatic hydroxyl groups is 5. The Bertz CT molecular complexity index is 789. The lowest BCUT2D eigenvalue weighted by molar-refractivity contribution is -0.174. The monoisotopic (exact) mass is 496 g/mol. The van der Waals surface area contributed by atoms with Crippen LogP contribution in [0.25, 0.3) is 0 Å². The Morgan fingerprint density at radius 3 is 2.17 bits per heavy atom. The molecule has 0 radical (unpaired) electrons. The lowest BCUT2D eigenvalue weighted by atomic mass is 9.79. The Balaban J connectivity index is 1.88. The van der Waals surface area contributed by atoms with E-state index in [1.54, 1.807) is 24.3 Å². The zero-order chi connectivity index (χ0) is 26.0. The summed E-state index contributed by atoms with van der Waals surface area (Å²) in [4.78, 5) is 25.4. The fraction of sp³-hybridized carbons (Fsp3) is 0.680. The molecule has 0 heterocycles. The fourth-order valence-electron chi connectivity index (χ4n) is 4.07. The second kappa shape index (κ2) is 13.7. The van der Waals surface area contributed by atoms with Gasteiger partial charge < -0.3 is 40.9 Å². The SMILES string of the molecule is CCCCCCCCOc1ccc(NC(=O)C(NC(=O)C2(O)C[C@@H](O)C(O)[C@H](O)C2)C(C)O)cc1. The van der Waals surface area contributed by atoms with Gasteiger partial charge in [-0.15, -0.1) is 0 Å². The largest absolute Gasteiger partial charge is 0.494 e. The van der Waals surface area contributed by atoms with E-state index < -0.39 is 60.7 Å². The fourth-order valence-corrected chi connectivity index (χ4v) is 4.07. The summed E-state index contributed by atoms with van der Waals surface area (Å²) in [6, 6.07) is 5.29. The smallest absolute Gasteiger partial charge is 0.252 e. The van der Waals surface area contributed by atoms with Crippen LogP contribution in [0, 0.1) is 0 Å². The zero-order valence-corrected chi connectivity index (χ0v) is 20.5. The van der Waals surface area contributed by atoms with E-state index in [9.17, 15) is 35.1 Å². The van der Waals surface area contributed by atoms with Gasteiger partial charge in [-0.05, 0) is 37.6 Å². The van der Waals surface area contributed by atoms with E-state index in [1.807, 2.05) is 0 Å². The van der Waals surface area contributed by atoms with Crippen LogP contribution in [0.4, 0.5) is 5.69 Å². The van der Waals surface area contributed by atoms with Crippen LogP contribution < -0.4 is 15.4 Å². The van der Waals surface area contributed by atoms with Gasteiger partial charge in [0.05, 0.1) is 24.9 Å². The summed E-state index contributed by atoms with van der Waals surface area (Å²) in [5.74, 6) is -1.09. The van der Waals surface area contributed by atoms with Crippen molar-refractivity contribution in [1.82, 2.24) is 5.32 Å². The van der Waals surface area contributed by atoms with Crippen molar-refractivity contribution in [3.05, 3.63) is 24.3 Å². The summed E-state index contributed by atoms with van der Waals surface area (Å²) in [6.45, 7) is 4.10. The third-order valence-electron chi connectivity index (χ3n) is 6.24. The summed E-state index contributed by atoms with van der Waals surface area (Å²) in [6.07, 6.45) is 0.126. The molecule has 1 aliphatic rings. The minimum Gasteiger partial charge on any atom is -0.494 e. The number of aliphatic hydroxyl groups excluding tert-OH is 4. The zero-order valence-electron chi connectivity index (χ0n) is 20.5. The number of benzene rings is 1. The molecule has 2 unspecified atom stereocenters. The van der Waals surface area contributed by atoms with Gasteiger partial charge in [-0.1, -0.05) is 39.0 Å². The summed E-state index contributed by atoms with van der Waals surface area (Å²) in [7, 11) is 0. The van der Waals surface area contributed by atoms with E-state index in [0.717, 1.165) is 12.8 Å². The van der Waals surface area contributed by atoms with Crippen LogP contribution in [0.3, 0.4) is 0 Å². The normalized spacial score (nSPS) is 26.0. The minimum absolute atomic E-state index is 0.423. The van der Waals surface area contributed by atoms with Crippen molar-refractivity contribution in [2.75, 3.05) is 11.9 Å². The quantitative estimate of drug-likeness (QED) is 0.197. The van der Waals surface area contributed by atoms with Gasteiger partial charge in [0.2, 0.25) is 5.91 Å². The molecule has 0 aromatic heterocycles. The molecule has 198 valence electrons. The molecule has 2 rings (SSSR count). The average Bonchev–Trinajstić information content (AvgIpc) is 2.81. The Morgan fingerprint density at radius 1 is 1.03 bits per heavy atom. The van der Waals surface area contributed by atoms with Gasteiger partial charge in [0.25, 0.3) is 5.91 Å². The van der Waals surface area contributed by atoms with Gasteiger partial charge in [-0.2, -0.15) is 0 Å². The van der Waals surface area contributed by atoms with Crippen LogP contribution >= 0.6 is 0 Å². The van der Waals surface area contributed by atoms with E-state index in [1.165, 1.54) is 32.6 Å². The van der Waals surface area contributed by atoms with Gasteiger partial charge in [-0.25, -0.2) is 0 Å². The average molecular weight is 497 g/mol. The summed E-state index contributed by atoms with van der Waals surface area (Å²) < 4.78 is 5.72. The van der Waals surface area contributed by atoms with Gasteiger partial charge in [0.15, 0.2) is 0 Å². The van der Waals surface area contributed by atoms with Gasteiger partial charge in [0.1, 0.15) is 23.5 Å². The third-order valence-corrected chi connectivity index (χ3v) is 6.24. The molecule has 0 spiro atoms. The van der Waals surface area contributed by atoms with Crippen molar-refractivity contribution in [2.45, 2.75) is 101 Å². The summed E-state index contributed by atoms with van der Waals surface area (Å²) >= 11 is 0. The highest BCUT2D eigenvalue weighted by Gasteiger charge is 2.49. The van der Waals surface area contributed by atoms with Gasteiger partial charge >= 0.3 is 0 Å². The van der Waals surface area contributed by atoms with Crippen molar-refractivity contribution < 1.29 is 39.9 Å². The predicted octanol–water partition coefficient (Wildman–Crippen LogP) is 0.838. The molecule has 0 bridgehead atoms. The Kier molecular flexibility index (Phi) is 11.4. The molecule has 1 aromatic carbocycles. The first kappa shape index (κ1) is 29.0. The van der Waals surface area contributed by atoms with Crippen molar-refractivity contribution >= 4 is 17.5 Å². The topological polar surface area (TPSA) is 169 Å². The maximum atomic E-state index is 12.7. The maximum absolute atomic E-state index is 12.7. The van der Waals surface area contributed by atoms with Crippen LogP contribution in [0.5, 0.6) is 5.75 Å². The third kappa shape index (κ3) is 8.73. The van der Waals surface area contributed by atoms with Gasteiger partial charge in [0, 0.05) is 18.5 Å². The number of nitrogens with one attached hydrogen (secondary N) is 2. The van der Waals surface area contributed by atoms with Crippen LogP contribution in [0.2, 0.25) is 0 Å². The van der Waals surface area contributed by atoms with Gasteiger partial charge in [-0.3, -0.25) is 9.59 Å². The molecule has 1 fully saturated rings. The molecule has 1 aromatic rings. The lowest BCUT2D eigenvalue weighted by Gasteiger charge is -2.39. The number of ether oxygens (including phenoxy) is 1. The second-order valence-electron chi connectivity index (χ2n) is 9.39. The Hall–Kier alpha value is -2.24. The van der Waals surface area contributed by atoms with E-state index in [0.29, 0.717) is 18.0 Å². The summed E-state index contributed by atoms with van der Waals surface area (Å²) in [5.41, 5.74) is -1.78. The molecule has 10 heteroatoms. The Labute approximate surface area is 206 Å². The van der Waals surface area contributed by atoms with Crippen molar-refractivity contribution in [2.24, 2.45) is 0 Å². The lowest BCUT2D eigenvalue weighted by Crippen LogP contribution is -2.62. The number of hydrogen-bond donors (Lipinski definition) is 7. The van der Waals surface area contributed by atoms with E-state index in [2.05, 4.69) is 17.6 Å². The molecule has 1 aliphatic carbocycles. The molecule has 7 N–H and O–H groups in total. The molecule has 35 heavy (non-hydrogen) atoms. The second-order valence-corrected chi connectivity index (χ2v) is 9.39. The number of carbonyl (C=O) groups is 2. The molecule has 0 saturated heterocycles. The molecule has 2 amide bonds. The number of unbranched alkanes of at least 4 members (excludes halogenated alkanes) is 5. The van der Waals surface area contributed by atoms with Crippen LogP contribution in [-0.4, -0.2) is 80.0 Å².